The van der Waals surface area contributed by atoms with Gasteiger partial charge in [-0.25, -0.2) is 4.39 Å². The van der Waals surface area contributed by atoms with Crippen molar-refractivity contribution in [1.29, 1.82) is 0 Å². The van der Waals surface area contributed by atoms with Crippen molar-refractivity contribution in [2.24, 2.45) is 5.73 Å². The summed E-state index contributed by atoms with van der Waals surface area (Å²) in [4.78, 5) is 0. The lowest BCUT2D eigenvalue weighted by atomic mass is 9.86. The first-order valence-electron chi connectivity index (χ1n) is 6.60. The maximum absolute atomic E-state index is 13.1. The van der Waals surface area contributed by atoms with Crippen molar-refractivity contribution in [3.63, 3.8) is 0 Å². The van der Waals surface area contributed by atoms with E-state index in [-0.39, 0.29) is 17.3 Å². The molecule has 1 unspecified atom stereocenters. The highest BCUT2D eigenvalue weighted by Crippen LogP contribution is 2.29. The third-order valence-electron chi connectivity index (χ3n) is 3.43. The van der Waals surface area contributed by atoms with Gasteiger partial charge in [-0.2, -0.15) is 0 Å². The third kappa shape index (κ3) is 3.20. The fraction of sp³-hybridized carbons (Fsp3) is 0.294. The molecule has 0 aliphatic heterocycles. The first-order valence-corrected chi connectivity index (χ1v) is 6.98. The van der Waals surface area contributed by atoms with Crippen LogP contribution < -0.4 is 5.73 Å². The lowest BCUT2D eigenvalue weighted by Gasteiger charge is -2.20. The van der Waals surface area contributed by atoms with Crippen LogP contribution in [0, 0.1) is 5.82 Å². The molecule has 1 atom stereocenters. The zero-order valence-electron chi connectivity index (χ0n) is 12.0. The van der Waals surface area contributed by atoms with Crippen LogP contribution in [0.15, 0.2) is 42.5 Å². The Morgan fingerprint density at radius 3 is 2.15 bits per heavy atom. The van der Waals surface area contributed by atoms with E-state index in [1.165, 1.54) is 17.7 Å². The Bertz CT molecular complexity index is 599. The molecule has 2 aromatic carbocycles. The number of halogens is 2. The summed E-state index contributed by atoms with van der Waals surface area (Å²) in [5, 5.41) is 0.359. The molecule has 0 heterocycles. The summed E-state index contributed by atoms with van der Waals surface area (Å²) in [6, 6.07) is 12.1. The van der Waals surface area contributed by atoms with Crippen molar-refractivity contribution in [2.75, 3.05) is 0 Å². The van der Waals surface area contributed by atoms with E-state index in [1.807, 2.05) is 12.1 Å². The minimum absolute atomic E-state index is 0.107. The average molecular weight is 292 g/mol. The monoisotopic (exact) mass is 291 g/mol. The summed E-state index contributed by atoms with van der Waals surface area (Å²) in [6.07, 6.45) is 0. The van der Waals surface area contributed by atoms with Crippen LogP contribution in [0.25, 0.3) is 0 Å². The number of nitrogens with two attached hydrogens (primary N) is 1. The molecule has 0 amide bonds. The molecule has 3 heteroatoms. The summed E-state index contributed by atoms with van der Waals surface area (Å²) < 4.78 is 13.1. The summed E-state index contributed by atoms with van der Waals surface area (Å²) in [5.41, 5.74) is 9.27. The molecule has 2 aromatic rings. The van der Waals surface area contributed by atoms with Crippen molar-refractivity contribution in [3.05, 3.63) is 70.0 Å². The summed E-state index contributed by atoms with van der Waals surface area (Å²) in [6.45, 7) is 6.50. The Morgan fingerprint density at radius 2 is 1.65 bits per heavy atom. The van der Waals surface area contributed by atoms with Gasteiger partial charge in [0.15, 0.2) is 0 Å². The molecule has 0 fully saturated rings. The molecule has 0 spiro atoms. The van der Waals surface area contributed by atoms with Crippen LogP contribution in [0.1, 0.15) is 43.5 Å². The zero-order chi connectivity index (χ0) is 14.9. The van der Waals surface area contributed by atoms with Crippen LogP contribution in [0.5, 0.6) is 0 Å². The van der Waals surface area contributed by atoms with Gasteiger partial charge in [-0.15, -0.1) is 0 Å². The van der Waals surface area contributed by atoms with Crippen molar-refractivity contribution >= 4 is 11.6 Å². The van der Waals surface area contributed by atoms with Crippen molar-refractivity contribution in [3.8, 4) is 0 Å². The lowest BCUT2D eigenvalue weighted by Crippen LogP contribution is -2.14. The van der Waals surface area contributed by atoms with Gasteiger partial charge in [-0.1, -0.05) is 62.7 Å². The first-order chi connectivity index (χ1) is 9.29. The maximum Gasteiger partial charge on any atom is 0.124 e. The molecule has 0 aromatic heterocycles. The largest absolute Gasteiger partial charge is 0.320 e. The molecule has 0 radical (unpaired) electrons. The normalized spacial score (nSPS) is 13.3. The molecule has 0 saturated heterocycles. The Kier molecular flexibility index (Phi) is 4.17. The molecule has 2 N–H and O–H groups in total. The van der Waals surface area contributed by atoms with E-state index in [4.69, 9.17) is 17.3 Å². The summed E-state index contributed by atoms with van der Waals surface area (Å²) >= 11 is 6.06. The van der Waals surface area contributed by atoms with Gasteiger partial charge >= 0.3 is 0 Å². The van der Waals surface area contributed by atoms with Gasteiger partial charge in [0.05, 0.1) is 6.04 Å². The molecule has 0 bridgehead atoms. The van der Waals surface area contributed by atoms with Gasteiger partial charge < -0.3 is 5.73 Å². The molecule has 0 saturated carbocycles. The Balaban J connectivity index is 2.31. The van der Waals surface area contributed by atoms with Crippen LogP contribution in [0.3, 0.4) is 0 Å². The number of hydrogen-bond acceptors (Lipinski definition) is 1. The van der Waals surface area contributed by atoms with Gasteiger partial charge in [-0.05, 0) is 34.2 Å². The number of benzene rings is 2. The van der Waals surface area contributed by atoms with Gasteiger partial charge in [0.1, 0.15) is 5.82 Å². The van der Waals surface area contributed by atoms with E-state index in [2.05, 4.69) is 32.9 Å². The van der Waals surface area contributed by atoms with Crippen molar-refractivity contribution < 1.29 is 4.39 Å². The van der Waals surface area contributed by atoms with E-state index in [9.17, 15) is 4.39 Å². The van der Waals surface area contributed by atoms with E-state index < -0.39 is 0 Å². The van der Waals surface area contributed by atoms with Crippen LogP contribution in [0.2, 0.25) is 5.02 Å². The van der Waals surface area contributed by atoms with Gasteiger partial charge in [0.2, 0.25) is 0 Å². The zero-order valence-corrected chi connectivity index (χ0v) is 12.7. The smallest absolute Gasteiger partial charge is 0.124 e. The fourth-order valence-corrected chi connectivity index (χ4v) is 2.41. The Labute approximate surface area is 124 Å². The molecule has 20 heavy (non-hydrogen) atoms. The molecule has 2 rings (SSSR count). The average Bonchev–Trinajstić information content (AvgIpc) is 2.37. The third-order valence-corrected chi connectivity index (χ3v) is 3.76. The highest BCUT2D eigenvalue weighted by molar-refractivity contribution is 6.31. The van der Waals surface area contributed by atoms with Gasteiger partial charge in [-0.3, -0.25) is 0 Å². The predicted molar refractivity (Wildman–Crippen MR) is 82.6 cm³/mol. The second kappa shape index (κ2) is 5.55. The van der Waals surface area contributed by atoms with Crippen LogP contribution >= 0.6 is 11.6 Å². The van der Waals surface area contributed by atoms with Crippen LogP contribution in [-0.2, 0) is 5.41 Å². The second-order valence-electron chi connectivity index (χ2n) is 6.02. The van der Waals surface area contributed by atoms with Crippen molar-refractivity contribution in [2.45, 2.75) is 32.2 Å². The lowest BCUT2D eigenvalue weighted by molar-refractivity contribution is 0.589. The van der Waals surface area contributed by atoms with Gasteiger partial charge in [0.25, 0.3) is 0 Å². The van der Waals surface area contributed by atoms with E-state index in [0.29, 0.717) is 5.02 Å². The van der Waals surface area contributed by atoms with E-state index >= 15 is 0 Å². The molecular formula is C17H19ClFN. The SMILES string of the molecule is CC(C)(C)c1ccc(C(N)c2ccc(F)cc2Cl)cc1. The quantitative estimate of drug-likeness (QED) is 0.843. The highest BCUT2D eigenvalue weighted by atomic mass is 35.5. The Morgan fingerprint density at radius 1 is 1.05 bits per heavy atom. The topological polar surface area (TPSA) is 26.0 Å². The molecular weight excluding hydrogens is 273 g/mol. The maximum atomic E-state index is 13.1. The van der Waals surface area contributed by atoms with Gasteiger partial charge in [0, 0.05) is 5.02 Å². The fourth-order valence-electron chi connectivity index (χ4n) is 2.12. The van der Waals surface area contributed by atoms with E-state index in [0.717, 1.165) is 11.1 Å². The molecule has 0 aliphatic rings. The number of rotatable bonds is 2. The predicted octanol–water partition coefficient (Wildman–Crippen LogP) is 4.82. The van der Waals surface area contributed by atoms with E-state index in [1.54, 1.807) is 6.07 Å². The number of hydrogen-bond donors (Lipinski definition) is 1. The second-order valence-corrected chi connectivity index (χ2v) is 6.42. The van der Waals surface area contributed by atoms with Crippen LogP contribution in [0.4, 0.5) is 4.39 Å². The minimum Gasteiger partial charge on any atom is -0.320 e. The summed E-state index contributed by atoms with van der Waals surface area (Å²) in [7, 11) is 0. The standard InChI is InChI=1S/C17H19ClFN/c1-17(2,3)12-6-4-11(5-7-12)16(20)14-9-8-13(19)10-15(14)18/h4-10,16H,20H2,1-3H3. The molecule has 106 valence electrons. The summed E-state index contributed by atoms with van der Waals surface area (Å²) in [5.74, 6) is -0.353. The van der Waals surface area contributed by atoms with Crippen LogP contribution in [-0.4, -0.2) is 0 Å². The molecule has 0 aliphatic carbocycles. The highest BCUT2D eigenvalue weighted by Gasteiger charge is 2.16. The molecule has 1 nitrogen and oxygen atoms in total. The Hall–Kier alpha value is -1.38. The first kappa shape index (κ1) is 15.0. The minimum atomic E-state index is -0.353. The van der Waals surface area contributed by atoms with Crippen molar-refractivity contribution in [1.82, 2.24) is 0 Å².